The van der Waals surface area contributed by atoms with E-state index < -0.39 is 11.3 Å². The van der Waals surface area contributed by atoms with Gasteiger partial charge in [0.25, 0.3) is 0 Å². The predicted molar refractivity (Wildman–Crippen MR) is 262 cm³/mol. The summed E-state index contributed by atoms with van der Waals surface area (Å²) in [6.07, 6.45) is 12.0. The SMILES string of the molecule is C=C1C(=O)C2(C)C(=O)CC3C(CCC[C@@]3(C)COC)C2C[C@@H]1CC.C=C1CCC2C(C1=O)C(=O)C(=C)C1C2CCC[C@@H]1C.CC.CC.CC.CC.COCC#N.O=Cc1cccs1. The molecule has 6 aliphatic carbocycles. The van der Waals surface area contributed by atoms with Crippen molar-refractivity contribution in [3.8, 4) is 6.07 Å². The molecule has 8 nitrogen and oxygen atoms in total. The number of nitrogens with zero attached hydrogens (tertiary/aromatic N) is 1. The quantitative estimate of drug-likeness (QED) is 0.162. The molecule has 6 aliphatic rings. The van der Waals surface area contributed by atoms with Crippen LogP contribution in [0, 0.1) is 75.4 Å². The van der Waals surface area contributed by atoms with Crippen molar-refractivity contribution in [1.29, 1.82) is 5.26 Å². The van der Waals surface area contributed by atoms with Gasteiger partial charge in [-0.25, -0.2) is 0 Å². The van der Waals surface area contributed by atoms with Crippen LogP contribution < -0.4 is 0 Å². The Bertz CT molecular complexity index is 1650. The molecule has 1 heterocycles. The van der Waals surface area contributed by atoms with E-state index in [1.165, 1.54) is 37.7 Å². The zero-order chi connectivity index (χ0) is 48.7. The van der Waals surface area contributed by atoms with Crippen molar-refractivity contribution in [2.75, 3.05) is 27.4 Å². The fourth-order valence-electron chi connectivity index (χ4n) is 11.3. The van der Waals surface area contributed by atoms with Gasteiger partial charge in [-0.1, -0.05) is 121 Å². The zero-order valence-corrected chi connectivity index (χ0v) is 42.8. The Hall–Kier alpha value is -3.32. The second-order valence-electron chi connectivity index (χ2n) is 17.2. The molecule has 6 fully saturated rings. The number of carbonyl (C=O) groups is 5. The van der Waals surface area contributed by atoms with Crippen molar-refractivity contribution in [3.63, 3.8) is 0 Å². The molecule has 7 rings (SSSR count). The van der Waals surface area contributed by atoms with Crippen LogP contribution in [0.4, 0.5) is 0 Å². The lowest BCUT2D eigenvalue weighted by atomic mass is 9.45. The number of rotatable bonds is 5. The van der Waals surface area contributed by atoms with E-state index in [1.54, 1.807) is 19.2 Å². The first-order chi connectivity index (χ1) is 30.2. The number of Topliss-reactive ketones (excluding diaryl/α,β-unsaturated/α-hetero) is 4. The summed E-state index contributed by atoms with van der Waals surface area (Å²) in [7, 11) is 3.24. The van der Waals surface area contributed by atoms with Crippen LogP contribution in [0.1, 0.15) is 163 Å². The lowest BCUT2D eigenvalue weighted by molar-refractivity contribution is -0.162. The van der Waals surface area contributed by atoms with Crippen molar-refractivity contribution in [3.05, 3.63) is 58.8 Å². The Morgan fingerprint density at radius 3 is 1.95 bits per heavy atom. The molecule has 356 valence electrons. The van der Waals surface area contributed by atoms with E-state index in [0.29, 0.717) is 53.8 Å². The van der Waals surface area contributed by atoms with Crippen molar-refractivity contribution in [1.82, 2.24) is 0 Å². The van der Waals surface area contributed by atoms with Gasteiger partial charge in [0.15, 0.2) is 23.6 Å². The van der Waals surface area contributed by atoms with Gasteiger partial charge in [-0.05, 0) is 133 Å². The fraction of sp³-hybridized carbons (Fsp3) is 0.704. The maximum atomic E-state index is 13.1. The van der Waals surface area contributed by atoms with Gasteiger partial charge >= 0.3 is 0 Å². The first-order valence-electron chi connectivity index (χ1n) is 24.2. The van der Waals surface area contributed by atoms with E-state index in [4.69, 9.17) is 10.00 Å². The molecule has 1 aromatic heterocycles. The highest BCUT2D eigenvalue weighted by molar-refractivity contribution is 7.11. The van der Waals surface area contributed by atoms with E-state index in [0.717, 1.165) is 61.7 Å². The third kappa shape index (κ3) is 14.1. The summed E-state index contributed by atoms with van der Waals surface area (Å²) in [5.41, 5.74) is 1.30. The third-order valence-electron chi connectivity index (χ3n) is 14.2. The molecule has 0 bridgehead atoms. The number of hydrogen-bond donors (Lipinski definition) is 0. The summed E-state index contributed by atoms with van der Waals surface area (Å²) in [4.78, 5) is 61.8. The van der Waals surface area contributed by atoms with E-state index >= 15 is 0 Å². The topological polar surface area (TPSA) is 128 Å². The first kappa shape index (κ1) is 59.7. The average molecular weight is 894 g/mol. The molecule has 1 aromatic rings. The first-order valence-corrected chi connectivity index (χ1v) is 25.1. The van der Waals surface area contributed by atoms with Crippen LogP contribution in [-0.4, -0.2) is 56.9 Å². The standard InChI is InChI=1S/C21H32O3.C17H22O2.C5H4OS.C3H5NO.4C2H6/c1-6-14-10-17-15-8-7-9-20(3,12-24-5)16(15)11-18(22)21(17,4)19(23)13(14)2;1-9-5-4-6-12-13-8-7-10(2)16(18)15(13)17(19)11(3)14(9)12;6-4-5-2-1-3-7-5;1-5-3-2-4;4*1-2/h14-17H,2,6-12H2,1,3-5H3;9,12-15H,2-8H2,1H3;1-4H;3H2,1H3;4*1-2H3/t14-,15?,16?,17?,20-,21?;9-,12?,13?,14?,15?;;;;;;/m00....../s1. The maximum absolute atomic E-state index is 13.1. The monoisotopic (exact) mass is 894 g/mol. The highest BCUT2D eigenvalue weighted by Crippen LogP contribution is 2.61. The van der Waals surface area contributed by atoms with Gasteiger partial charge in [-0.2, -0.15) is 5.26 Å². The number of nitriles is 1. The Morgan fingerprint density at radius 1 is 0.841 bits per heavy atom. The summed E-state index contributed by atoms with van der Waals surface area (Å²) in [5.74, 6) is 2.62. The van der Waals surface area contributed by atoms with Crippen LogP contribution in [0.25, 0.3) is 0 Å². The highest BCUT2D eigenvalue weighted by atomic mass is 32.1. The molecule has 9 heteroatoms. The molecular weight excluding hydrogens is 807 g/mol. The fourth-order valence-corrected chi connectivity index (χ4v) is 11.8. The highest BCUT2D eigenvalue weighted by Gasteiger charge is 2.62. The second-order valence-corrected chi connectivity index (χ2v) is 18.2. The lowest BCUT2D eigenvalue weighted by Crippen LogP contribution is -2.60. The normalized spacial score (nSPS) is 32.2. The maximum Gasteiger partial charge on any atom is 0.172 e. The number of hydrogen-bond acceptors (Lipinski definition) is 9. The smallest absolute Gasteiger partial charge is 0.172 e. The molecule has 11 atom stereocenters. The van der Waals surface area contributed by atoms with Gasteiger partial charge in [0.1, 0.15) is 12.4 Å². The third-order valence-corrected chi connectivity index (χ3v) is 15.0. The Balaban J connectivity index is 0.000000870. The van der Waals surface area contributed by atoms with E-state index in [2.05, 4.69) is 45.2 Å². The Kier molecular flexibility index (Phi) is 28.4. The van der Waals surface area contributed by atoms with Crippen molar-refractivity contribution < 1.29 is 33.4 Å². The molecule has 0 radical (unpaired) electrons. The lowest BCUT2D eigenvalue weighted by Gasteiger charge is -2.58. The van der Waals surface area contributed by atoms with Crippen LogP contribution in [0.2, 0.25) is 0 Å². The van der Waals surface area contributed by atoms with Gasteiger partial charge in [0.2, 0.25) is 0 Å². The second kappa shape index (κ2) is 30.0. The number of carbonyl (C=O) groups excluding carboxylic acids is 5. The minimum absolute atomic E-state index is 0.000855. The summed E-state index contributed by atoms with van der Waals surface area (Å²) < 4.78 is 9.85. The molecule has 6 saturated carbocycles. The van der Waals surface area contributed by atoms with E-state index in [1.807, 2.05) is 73.8 Å². The van der Waals surface area contributed by atoms with Crippen LogP contribution in [-0.2, 0) is 28.7 Å². The summed E-state index contributed by atoms with van der Waals surface area (Å²) in [5, 5.41) is 9.57. The number of allylic oxidation sites excluding steroid dienone is 3. The number of methoxy groups -OCH3 is 2. The van der Waals surface area contributed by atoms with E-state index in [9.17, 15) is 24.0 Å². The summed E-state index contributed by atoms with van der Waals surface area (Å²) >= 11 is 1.45. The molecule has 0 aliphatic heterocycles. The molecule has 0 spiro atoms. The van der Waals surface area contributed by atoms with Crippen LogP contribution in [0.3, 0.4) is 0 Å². The van der Waals surface area contributed by atoms with Crippen molar-refractivity contribution in [2.24, 2.45) is 64.1 Å². The number of fused-ring (bicyclic) bond motifs is 6. The average Bonchev–Trinajstić information content (AvgIpc) is 3.85. The van der Waals surface area contributed by atoms with Gasteiger partial charge in [0, 0.05) is 20.6 Å². The zero-order valence-electron chi connectivity index (χ0n) is 42.0. The Labute approximate surface area is 388 Å². The molecule has 0 amide bonds. The minimum atomic E-state index is -0.824. The van der Waals surface area contributed by atoms with Crippen molar-refractivity contribution in [2.45, 2.75) is 154 Å². The van der Waals surface area contributed by atoms with Gasteiger partial charge in [-0.15, -0.1) is 11.3 Å². The number of ether oxygens (including phenoxy) is 2. The number of aldehydes is 1. The minimum Gasteiger partial charge on any atom is -0.384 e. The van der Waals surface area contributed by atoms with Gasteiger partial charge < -0.3 is 9.47 Å². The molecule has 0 saturated heterocycles. The van der Waals surface area contributed by atoms with Crippen LogP contribution >= 0.6 is 11.3 Å². The largest absolute Gasteiger partial charge is 0.384 e. The molecule has 8 unspecified atom stereocenters. The van der Waals surface area contributed by atoms with Gasteiger partial charge in [0.05, 0.1) is 28.9 Å². The molecule has 0 aromatic carbocycles. The predicted octanol–water partition coefficient (Wildman–Crippen LogP) is 13.4. The summed E-state index contributed by atoms with van der Waals surface area (Å²) in [6, 6.07) is 5.44. The van der Waals surface area contributed by atoms with Crippen molar-refractivity contribution >= 4 is 40.8 Å². The molecule has 0 N–H and O–H groups in total. The van der Waals surface area contributed by atoms with Crippen LogP contribution in [0.15, 0.2) is 54.0 Å². The van der Waals surface area contributed by atoms with E-state index in [-0.39, 0.29) is 52.9 Å². The number of thiophene rings is 1. The van der Waals surface area contributed by atoms with Crippen LogP contribution in [0.5, 0.6) is 0 Å². The summed E-state index contributed by atoms with van der Waals surface area (Å²) in [6.45, 7) is 37.4. The molecule has 63 heavy (non-hydrogen) atoms. The Morgan fingerprint density at radius 2 is 1.46 bits per heavy atom. The number of ketones is 4. The van der Waals surface area contributed by atoms with Gasteiger partial charge in [-0.3, -0.25) is 24.0 Å². The molecular formula is C54H87NO7S.